The van der Waals surface area contributed by atoms with Crippen LogP contribution in [0.3, 0.4) is 0 Å². The van der Waals surface area contributed by atoms with Crippen LogP contribution in [0.2, 0.25) is 0 Å². The van der Waals surface area contributed by atoms with Crippen molar-refractivity contribution in [3.63, 3.8) is 0 Å². The zero-order chi connectivity index (χ0) is 18.2. The number of rotatable bonds is 7. The molecule has 0 bridgehead atoms. The molecule has 7 heteroatoms. The van der Waals surface area contributed by atoms with Crippen LogP contribution in [-0.2, 0) is 4.74 Å². The van der Waals surface area contributed by atoms with Gasteiger partial charge in [-0.3, -0.25) is 5.43 Å². The summed E-state index contributed by atoms with van der Waals surface area (Å²) in [5.74, 6) is 1.43. The molecule has 7 nitrogen and oxygen atoms in total. The fourth-order valence-electron chi connectivity index (χ4n) is 2.61. The van der Waals surface area contributed by atoms with Gasteiger partial charge in [0.05, 0.1) is 26.0 Å². The normalized spacial score (nSPS) is 14.6. The molecule has 1 fully saturated rings. The topological polar surface area (TPSA) is 71.9 Å². The standard InChI is InChI=1S/C19H25N5O2/c1-3-9-26-19-21-17(13-18(22-19)24-7-10-25-11-8-24)23-20-14-16-6-4-5-15(2)12-16/h4-6,12-14H,3,7-11H2,1-2H3,(H,21,22,23)/b20-14+. The van der Waals surface area contributed by atoms with Gasteiger partial charge >= 0.3 is 6.01 Å². The molecule has 1 aliphatic rings. The molecular formula is C19H25N5O2. The predicted octanol–water partition coefficient (Wildman–Crippen LogP) is 2.86. The number of hydrogen-bond donors (Lipinski definition) is 1. The zero-order valence-corrected chi connectivity index (χ0v) is 15.3. The quantitative estimate of drug-likeness (QED) is 0.608. The highest BCUT2D eigenvalue weighted by molar-refractivity contribution is 5.80. The average molecular weight is 355 g/mol. The van der Waals surface area contributed by atoms with Gasteiger partial charge in [-0.2, -0.15) is 15.1 Å². The minimum atomic E-state index is 0.365. The highest BCUT2D eigenvalue weighted by Gasteiger charge is 2.15. The van der Waals surface area contributed by atoms with Crippen LogP contribution in [0.25, 0.3) is 0 Å². The van der Waals surface area contributed by atoms with E-state index in [4.69, 9.17) is 9.47 Å². The van der Waals surface area contributed by atoms with Crippen molar-refractivity contribution in [3.05, 3.63) is 41.5 Å². The van der Waals surface area contributed by atoms with E-state index in [2.05, 4.69) is 51.4 Å². The number of nitrogens with one attached hydrogen (secondary N) is 1. The van der Waals surface area contributed by atoms with E-state index in [1.54, 1.807) is 6.21 Å². The summed E-state index contributed by atoms with van der Waals surface area (Å²) >= 11 is 0. The first-order valence-electron chi connectivity index (χ1n) is 8.95. The molecule has 0 amide bonds. The SMILES string of the molecule is CCCOc1nc(N/N=C/c2cccc(C)c2)cc(N2CCOCC2)n1. The Morgan fingerprint density at radius 1 is 1.27 bits per heavy atom. The minimum Gasteiger partial charge on any atom is -0.463 e. The molecule has 0 unspecified atom stereocenters. The van der Waals surface area contributed by atoms with Crippen LogP contribution in [-0.4, -0.2) is 49.1 Å². The number of ether oxygens (including phenoxy) is 2. The fourth-order valence-corrected chi connectivity index (χ4v) is 2.61. The first kappa shape index (κ1) is 18.1. The Hall–Kier alpha value is -2.67. The van der Waals surface area contributed by atoms with Crippen LogP contribution in [0.5, 0.6) is 6.01 Å². The molecule has 0 atom stereocenters. The van der Waals surface area contributed by atoms with Crippen molar-refractivity contribution in [1.29, 1.82) is 0 Å². The van der Waals surface area contributed by atoms with Crippen molar-refractivity contribution in [2.75, 3.05) is 43.2 Å². The summed E-state index contributed by atoms with van der Waals surface area (Å²) in [6, 6.07) is 10.4. The van der Waals surface area contributed by atoms with Crippen LogP contribution in [0.15, 0.2) is 35.4 Å². The number of benzene rings is 1. The van der Waals surface area contributed by atoms with Crippen LogP contribution in [0, 0.1) is 6.92 Å². The number of aryl methyl sites for hydroxylation is 1. The lowest BCUT2D eigenvalue weighted by molar-refractivity contribution is 0.122. The smallest absolute Gasteiger partial charge is 0.320 e. The lowest BCUT2D eigenvalue weighted by Crippen LogP contribution is -2.36. The molecule has 0 aliphatic carbocycles. The van der Waals surface area contributed by atoms with Crippen LogP contribution >= 0.6 is 0 Å². The fraction of sp³-hybridized carbons (Fsp3) is 0.421. The number of aromatic nitrogens is 2. The largest absolute Gasteiger partial charge is 0.463 e. The maximum absolute atomic E-state index is 5.64. The summed E-state index contributed by atoms with van der Waals surface area (Å²) in [6.45, 7) is 7.69. The van der Waals surface area contributed by atoms with Gasteiger partial charge < -0.3 is 14.4 Å². The van der Waals surface area contributed by atoms with Crippen LogP contribution in [0.4, 0.5) is 11.6 Å². The van der Waals surface area contributed by atoms with Gasteiger partial charge in [0, 0.05) is 19.2 Å². The second-order valence-electron chi connectivity index (χ2n) is 6.13. The highest BCUT2D eigenvalue weighted by Crippen LogP contribution is 2.20. The van der Waals surface area contributed by atoms with E-state index >= 15 is 0 Å². The number of nitrogens with zero attached hydrogens (tertiary/aromatic N) is 4. The molecule has 1 aromatic heterocycles. The molecule has 26 heavy (non-hydrogen) atoms. The summed E-state index contributed by atoms with van der Waals surface area (Å²) in [7, 11) is 0. The van der Waals surface area contributed by atoms with E-state index in [0.29, 0.717) is 31.6 Å². The first-order chi connectivity index (χ1) is 12.7. The van der Waals surface area contributed by atoms with Crippen molar-refractivity contribution in [2.24, 2.45) is 5.10 Å². The summed E-state index contributed by atoms with van der Waals surface area (Å²) in [5, 5.41) is 4.30. The van der Waals surface area contributed by atoms with Gasteiger partial charge in [-0.05, 0) is 18.9 Å². The Morgan fingerprint density at radius 3 is 2.88 bits per heavy atom. The molecule has 1 aromatic carbocycles. The van der Waals surface area contributed by atoms with Gasteiger partial charge in [0.15, 0.2) is 5.82 Å². The van der Waals surface area contributed by atoms with Crippen molar-refractivity contribution in [3.8, 4) is 6.01 Å². The van der Waals surface area contributed by atoms with Gasteiger partial charge in [-0.25, -0.2) is 0 Å². The van der Waals surface area contributed by atoms with Crippen molar-refractivity contribution in [2.45, 2.75) is 20.3 Å². The lowest BCUT2D eigenvalue weighted by atomic mass is 10.2. The third-order valence-electron chi connectivity index (χ3n) is 3.90. The summed E-state index contributed by atoms with van der Waals surface area (Å²) in [6.07, 6.45) is 2.68. The van der Waals surface area contributed by atoms with Crippen molar-refractivity contribution >= 4 is 17.9 Å². The molecule has 2 aromatic rings. The number of hydrazone groups is 1. The number of hydrogen-bond acceptors (Lipinski definition) is 7. The summed E-state index contributed by atoms with van der Waals surface area (Å²) in [4.78, 5) is 11.1. The van der Waals surface area contributed by atoms with Gasteiger partial charge in [-0.15, -0.1) is 0 Å². The maximum Gasteiger partial charge on any atom is 0.320 e. The average Bonchev–Trinajstić information content (AvgIpc) is 2.67. The van der Waals surface area contributed by atoms with E-state index in [1.807, 2.05) is 18.2 Å². The Labute approximate surface area is 154 Å². The third kappa shape index (κ3) is 5.16. The number of morpholine rings is 1. The molecule has 0 spiro atoms. The minimum absolute atomic E-state index is 0.365. The molecule has 2 heterocycles. The van der Waals surface area contributed by atoms with Crippen molar-refractivity contribution in [1.82, 2.24) is 9.97 Å². The van der Waals surface area contributed by atoms with E-state index in [-0.39, 0.29) is 0 Å². The van der Waals surface area contributed by atoms with Crippen LogP contribution in [0.1, 0.15) is 24.5 Å². The maximum atomic E-state index is 5.64. The van der Waals surface area contributed by atoms with Crippen LogP contribution < -0.4 is 15.1 Å². The third-order valence-corrected chi connectivity index (χ3v) is 3.90. The number of anilines is 2. The molecule has 0 radical (unpaired) electrons. The van der Waals surface area contributed by atoms with E-state index in [9.17, 15) is 0 Å². The van der Waals surface area contributed by atoms with E-state index < -0.39 is 0 Å². The van der Waals surface area contributed by atoms with Gasteiger partial charge in [0.2, 0.25) is 0 Å². The van der Waals surface area contributed by atoms with Gasteiger partial charge in [0.1, 0.15) is 5.82 Å². The Bertz CT molecular complexity index is 744. The van der Waals surface area contributed by atoms with Gasteiger partial charge in [0.25, 0.3) is 0 Å². The predicted molar refractivity (Wildman–Crippen MR) is 103 cm³/mol. The molecule has 3 rings (SSSR count). The molecule has 0 saturated carbocycles. The summed E-state index contributed by atoms with van der Waals surface area (Å²) < 4.78 is 11.1. The molecule has 1 N–H and O–H groups in total. The molecule has 1 saturated heterocycles. The molecule has 138 valence electrons. The van der Waals surface area contributed by atoms with E-state index in [1.165, 1.54) is 5.56 Å². The second-order valence-corrected chi connectivity index (χ2v) is 6.13. The highest BCUT2D eigenvalue weighted by atomic mass is 16.5. The van der Waals surface area contributed by atoms with Gasteiger partial charge in [-0.1, -0.05) is 36.8 Å². The van der Waals surface area contributed by atoms with Crippen molar-refractivity contribution < 1.29 is 9.47 Å². The molecular weight excluding hydrogens is 330 g/mol. The molecule has 1 aliphatic heterocycles. The zero-order valence-electron chi connectivity index (χ0n) is 15.3. The lowest BCUT2D eigenvalue weighted by Gasteiger charge is -2.28. The Balaban J connectivity index is 1.75. The van der Waals surface area contributed by atoms with E-state index in [0.717, 1.165) is 30.9 Å². The monoisotopic (exact) mass is 355 g/mol. The summed E-state index contributed by atoms with van der Waals surface area (Å²) in [5.41, 5.74) is 5.21. The second kappa shape index (κ2) is 9.15. The Morgan fingerprint density at radius 2 is 2.12 bits per heavy atom. The first-order valence-corrected chi connectivity index (χ1v) is 8.95. The Kier molecular flexibility index (Phi) is 6.38.